The van der Waals surface area contributed by atoms with Gasteiger partial charge in [0.15, 0.2) is 0 Å². The van der Waals surface area contributed by atoms with Crippen LogP contribution in [0.1, 0.15) is 32.8 Å². The fraction of sp³-hybridized carbons (Fsp3) is 0.409. The van der Waals surface area contributed by atoms with E-state index in [2.05, 4.69) is 24.1 Å². The van der Waals surface area contributed by atoms with Crippen LogP contribution in [0.25, 0.3) is 0 Å². The molecule has 0 heterocycles. The lowest BCUT2D eigenvalue weighted by atomic mass is 10.1. The Morgan fingerprint density at radius 1 is 0.931 bits per heavy atom. The number of hydrogen-bond donors (Lipinski definition) is 1. The third-order valence-corrected chi connectivity index (χ3v) is 6.05. The molecule has 0 aliphatic carbocycles. The summed E-state index contributed by atoms with van der Waals surface area (Å²) < 4.78 is 26.0. The quantitative estimate of drug-likeness (QED) is 0.643. The van der Waals surface area contributed by atoms with Gasteiger partial charge in [-0.3, -0.25) is 9.10 Å². The van der Waals surface area contributed by atoms with Gasteiger partial charge in [-0.1, -0.05) is 37.3 Å². The van der Waals surface area contributed by atoms with Gasteiger partial charge in [0.2, 0.25) is 15.9 Å². The highest BCUT2D eigenvalue weighted by Crippen LogP contribution is 2.22. The van der Waals surface area contributed by atoms with Gasteiger partial charge >= 0.3 is 0 Å². The van der Waals surface area contributed by atoms with Gasteiger partial charge < -0.3 is 10.2 Å². The van der Waals surface area contributed by atoms with Crippen LogP contribution in [-0.2, 0) is 21.4 Å². The molecule has 29 heavy (non-hydrogen) atoms. The Balaban J connectivity index is 2.13. The van der Waals surface area contributed by atoms with Crippen LogP contribution in [0.15, 0.2) is 54.6 Å². The van der Waals surface area contributed by atoms with Crippen LogP contribution >= 0.6 is 0 Å². The first-order valence-corrected chi connectivity index (χ1v) is 11.8. The van der Waals surface area contributed by atoms with Gasteiger partial charge in [-0.05, 0) is 50.1 Å². The predicted octanol–water partition coefficient (Wildman–Crippen LogP) is 3.39. The topological polar surface area (TPSA) is 69.7 Å². The molecule has 1 amide bonds. The van der Waals surface area contributed by atoms with Crippen LogP contribution in [0.5, 0.6) is 0 Å². The molecule has 0 radical (unpaired) electrons. The summed E-state index contributed by atoms with van der Waals surface area (Å²) in [4.78, 5) is 15.1. The molecule has 0 fully saturated rings. The zero-order valence-electron chi connectivity index (χ0n) is 17.6. The Labute approximate surface area is 174 Å². The van der Waals surface area contributed by atoms with Gasteiger partial charge in [0.1, 0.15) is 6.04 Å². The zero-order valence-corrected chi connectivity index (χ0v) is 18.4. The second-order valence-electron chi connectivity index (χ2n) is 6.87. The normalized spacial score (nSPS) is 12.3. The van der Waals surface area contributed by atoms with Gasteiger partial charge in [0, 0.05) is 25.3 Å². The molecule has 6 nitrogen and oxygen atoms in total. The number of sulfonamides is 1. The highest BCUT2D eigenvalue weighted by atomic mass is 32.2. The lowest BCUT2D eigenvalue weighted by molar-refractivity contribution is -0.122. The van der Waals surface area contributed by atoms with E-state index >= 15 is 0 Å². The SMILES string of the molecule is CC[C@@H](C(=O)NCc1ccc(N(CC)CC)cc1)N(c1ccccc1)S(C)(=O)=O. The van der Waals surface area contributed by atoms with Crippen molar-refractivity contribution in [2.24, 2.45) is 0 Å². The summed E-state index contributed by atoms with van der Waals surface area (Å²) in [6, 6.07) is 16.0. The summed E-state index contributed by atoms with van der Waals surface area (Å²) in [5.74, 6) is -0.311. The second kappa shape index (κ2) is 10.3. The molecule has 0 saturated carbocycles. The van der Waals surface area contributed by atoms with Gasteiger partial charge in [-0.25, -0.2) is 8.42 Å². The number of anilines is 2. The van der Waals surface area contributed by atoms with Crippen molar-refractivity contribution in [3.05, 3.63) is 60.2 Å². The summed E-state index contributed by atoms with van der Waals surface area (Å²) in [5.41, 5.74) is 2.60. The standard InChI is InChI=1S/C22H31N3O3S/c1-5-21(25(29(4,27)28)20-11-9-8-10-12-20)22(26)23-17-18-13-15-19(16-14-18)24(6-2)7-3/h8-16,21H,5-7,17H2,1-4H3,(H,23,26)/t21-/m0/s1. The molecule has 0 saturated heterocycles. The van der Waals surface area contributed by atoms with Crippen molar-refractivity contribution in [1.82, 2.24) is 5.32 Å². The number of nitrogens with zero attached hydrogens (tertiary/aromatic N) is 2. The predicted molar refractivity (Wildman–Crippen MR) is 120 cm³/mol. The summed E-state index contributed by atoms with van der Waals surface area (Å²) in [5, 5.41) is 2.89. The summed E-state index contributed by atoms with van der Waals surface area (Å²) in [6.07, 6.45) is 1.50. The largest absolute Gasteiger partial charge is 0.372 e. The van der Waals surface area contributed by atoms with E-state index in [1.54, 1.807) is 24.3 Å². The fourth-order valence-corrected chi connectivity index (χ4v) is 4.57. The lowest BCUT2D eigenvalue weighted by Gasteiger charge is -2.30. The van der Waals surface area contributed by atoms with E-state index in [4.69, 9.17) is 0 Å². The van der Waals surface area contributed by atoms with E-state index < -0.39 is 16.1 Å². The molecule has 0 aliphatic heterocycles. The molecule has 2 rings (SSSR count). The van der Waals surface area contributed by atoms with E-state index in [1.165, 1.54) is 4.31 Å². The van der Waals surface area contributed by atoms with E-state index in [1.807, 2.05) is 37.3 Å². The number of amides is 1. The third-order valence-electron chi connectivity index (χ3n) is 4.87. The van der Waals surface area contributed by atoms with E-state index in [9.17, 15) is 13.2 Å². The molecule has 0 aromatic heterocycles. The molecule has 158 valence electrons. The first-order chi connectivity index (χ1) is 13.8. The molecule has 0 spiro atoms. The van der Waals surface area contributed by atoms with Gasteiger partial charge in [0.25, 0.3) is 0 Å². The minimum Gasteiger partial charge on any atom is -0.372 e. The average Bonchev–Trinajstić information content (AvgIpc) is 2.71. The second-order valence-corrected chi connectivity index (χ2v) is 8.73. The van der Waals surface area contributed by atoms with Crippen molar-refractivity contribution < 1.29 is 13.2 Å². The van der Waals surface area contributed by atoms with Crippen LogP contribution in [-0.4, -0.2) is 39.7 Å². The van der Waals surface area contributed by atoms with Crippen molar-refractivity contribution in [2.45, 2.75) is 39.8 Å². The number of hydrogen-bond acceptors (Lipinski definition) is 4. The van der Waals surface area contributed by atoms with Crippen molar-refractivity contribution in [1.29, 1.82) is 0 Å². The third kappa shape index (κ3) is 5.97. The average molecular weight is 418 g/mol. The molecule has 0 bridgehead atoms. The van der Waals surface area contributed by atoms with Crippen molar-refractivity contribution in [3.63, 3.8) is 0 Å². The van der Waals surface area contributed by atoms with E-state index in [0.29, 0.717) is 18.7 Å². The number of rotatable bonds is 10. The molecule has 2 aromatic rings. The molecular weight excluding hydrogens is 386 g/mol. The number of para-hydroxylation sites is 1. The van der Waals surface area contributed by atoms with Gasteiger partial charge in [-0.2, -0.15) is 0 Å². The minimum atomic E-state index is -3.61. The molecule has 0 unspecified atom stereocenters. The molecular formula is C22H31N3O3S. The molecule has 1 atom stereocenters. The summed E-state index contributed by atoms with van der Waals surface area (Å²) >= 11 is 0. The Morgan fingerprint density at radius 2 is 1.52 bits per heavy atom. The van der Waals surface area contributed by atoms with Crippen molar-refractivity contribution in [3.8, 4) is 0 Å². The maximum Gasteiger partial charge on any atom is 0.244 e. The highest BCUT2D eigenvalue weighted by molar-refractivity contribution is 7.92. The van der Waals surface area contributed by atoms with Crippen LogP contribution < -0.4 is 14.5 Å². The molecule has 2 aromatic carbocycles. The van der Waals surface area contributed by atoms with Gasteiger partial charge in [0.05, 0.1) is 11.9 Å². The number of nitrogens with one attached hydrogen (secondary N) is 1. The Hall–Kier alpha value is -2.54. The monoisotopic (exact) mass is 417 g/mol. The minimum absolute atomic E-state index is 0.311. The smallest absolute Gasteiger partial charge is 0.244 e. The Kier molecular flexibility index (Phi) is 8.08. The van der Waals surface area contributed by atoms with E-state index in [0.717, 1.165) is 30.6 Å². The first kappa shape index (κ1) is 22.7. The van der Waals surface area contributed by atoms with Crippen LogP contribution in [0.4, 0.5) is 11.4 Å². The van der Waals surface area contributed by atoms with Crippen LogP contribution in [0.2, 0.25) is 0 Å². The maximum atomic E-state index is 12.9. The highest BCUT2D eigenvalue weighted by Gasteiger charge is 2.31. The van der Waals surface area contributed by atoms with E-state index in [-0.39, 0.29) is 5.91 Å². The fourth-order valence-electron chi connectivity index (χ4n) is 3.36. The van der Waals surface area contributed by atoms with Gasteiger partial charge in [-0.15, -0.1) is 0 Å². The first-order valence-electron chi connectivity index (χ1n) is 9.97. The molecule has 7 heteroatoms. The summed E-state index contributed by atoms with van der Waals surface area (Å²) in [7, 11) is -3.61. The molecule has 1 N–H and O–H groups in total. The van der Waals surface area contributed by atoms with Crippen molar-refractivity contribution in [2.75, 3.05) is 28.6 Å². The summed E-state index contributed by atoms with van der Waals surface area (Å²) in [6.45, 7) is 8.26. The Bertz CT molecular complexity index is 879. The number of carbonyl (C=O) groups excluding carboxylic acids is 1. The van der Waals surface area contributed by atoms with Crippen molar-refractivity contribution >= 4 is 27.3 Å². The zero-order chi connectivity index (χ0) is 21.4. The maximum absolute atomic E-state index is 12.9. The Morgan fingerprint density at radius 3 is 2.00 bits per heavy atom. The number of carbonyl (C=O) groups is 1. The number of benzene rings is 2. The van der Waals surface area contributed by atoms with Crippen LogP contribution in [0, 0.1) is 0 Å². The lowest BCUT2D eigenvalue weighted by Crippen LogP contribution is -2.49. The van der Waals surface area contributed by atoms with Crippen LogP contribution in [0.3, 0.4) is 0 Å². The molecule has 0 aliphatic rings.